The van der Waals surface area contributed by atoms with E-state index in [4.69, 9.17) is 0 Å². The third kappa shape index (κ3) is 4.73. The quantitative estimate of drug-likeness (QED) is 0.511. The van der Waals surface area contributed by atoms with Crippen molar-refractivity contribution in [3.05, 3.63) is 83.9 Å². The van der Waals surface area contributed by atoms with E-state index in [0.717, 1.165) is 11.1 Å². The van der Waals surface area contributed by atoms with Crippen LogP contribution < -0.4 is 10.6 Å². The molecule has 184 valence electrons. The molecule has 1 saturated heterocycles. The minimum Gasteiger partial charge on any atom is -0.394 e. The molecule has 0 unspecified atom stereocenters. The van der Waals surface area contributed by atoms with Gasteiger partial charge in [0.15, 0.2) is 0 Å². The lowest BCUT2D eigenvalue weighted by Gasteiger charge is -2.34. The van der Waals surface area contributed by atoms with Gasteiger partial charge >= 0.3 is 0 Å². The molecule has 6 atom stereocenters. The second-order valence-electron chi connectivity index (χ2n) is 9.20. The van der Waals surface area contributed by atoms with Gasteiger partial charge in [0, 0.05) is 19.5 Å². The fourth-order valence-corrected chi connectivity index (χ4v) is 5.61. The minimum atomic E-state index is -0.838. The van der Waals surface area contributed by atoms with Crippen LogP contribution in [0.1, 0.15) is 30.5 Å². The first-order valence-electron chi connectivity index (χ1n) is 12.2. The van der Waals surface area contributed by atoms with Crippen molar-refractivity contribution in [3.63, 3.8) is 0 Å². The first-order chi connectivity index (χ1) is 17.0. The maximum absolute atomic E-state index is 14.0. The predicted octanol–water partition coefficient (Wildman–Crippen LogP) is 2.44. The van der Waals surface area contributed by atoms with Gasteiger partial charge < -0.3 is 20.6 Å². The Morgan fingerprint density at radius 2 is 1.66 bits per heavy atom. The third-order valence-electron chi connectivity index (χ3n) is 7.34. The van der Waals surface area contributed by atoms with E-state index in [2.05, 4.69) is 10.6 Å². The Kier molecular flexibility index (Phi) is 7.66. The highest BCUT2D eigenvalue weighted by Gasteiger charge is 2.58. The molecule has 1 heterocycles. The van der Waals surface area contributed by atoms with E-state index >= 15 is 0 Å². The molecule has 1 fully saturated rings. The first kappa shape index (κ1) is 24.7. The van der Waals surface area contributed by atoms with Gasteiger partial charge in [0.2, 0.25) is 17.7 Å². The number of aliphatic hydroxyl groups is 1. The van der Waals surface area contributed by atoms with Gasteiger partial charge in [-0.1, -0.05) is 79.7 Å². The number of allylic oxidation sites excluding steroid dienone is 1. The van der Waals surface area contributed by atoms with Gasteiger partial charge in [0.05, 0.1) is 24.5 Å². The molecular weight excluding hydrogens is 442 g/mol. The van der Waals surface area contributed by atoms with Crippen molar-refractivity contribution in [1.82, 2.24) is 15.5 Å². The second kappa shape index (κ2) is 10.9. The highest BCUT2D eigenvalue weighted by Crippen LogP contribution is 2.47. The Labute approximate surface area is 206 Å². The number of amides is 3. The summed E-state index contributed by atoms with van der Waals surface area (Å²) in [6, 6.07) is 17.3. The summed E-state index contributed by atoms with van der Waals surface area (Å²) in [4.78, 5) is 42.2. The smallest absolute Gasteiger partial charge is 0.243 e. The van der Waals surface area contributed by atoms with Crippen LogP contribution in [0.4, 0.5) is 0 Å². The highest BCUT2D eigenvalue weighted by molar-refractivity contribution is 5.97. The molecule has 7 heteroatoms. The number of hydrogen-bond donors (Lipinski definition) is 3. The van der Waals surface area contributed by atoms with Crippen LogP contribution in [-0.2, 0) is 20.9 Å². The molecule has 0 spiro atoms. The van der Waals surface area contributed by atoms with Crippen molar-refractivity contribution in [2.45, 2.75) is 32.0 Å². The zero-order valence-electron chi connectivity index (χ0n) is 20.1. The van der Waals surface area contributed by atoms with Crippen LogP contribution >= 0.6 is 0 Å². The molecular formula is C28H33N3O4. The first-order valence-corrected chi connectivity index (χ1v) is 12.2. The van der Waals surface area contributed by atoms with Crippen LogP contribution in [0.3, 0.4) is 0 Å². The minimum absolute atomic E-state index is 0.0996. The summed E-state index contributed by atoms with van der Waals surface area (Å²) in [7, 11) is 1.57. The van der Waals surface area contributed by atoms with E-state index in [1.165, 1.54) is 4.90 Å². The van der Waals surface area contributed by atoms with Crippen molar-refractivity contribution >= 4 is 17.7 Å². The summed E-state index contributed by atoms with van der Waals surface area (Å²) in [6.07, 6.45) is 4.62. The van der Waals surface area contributed by atoms with Crippen molar-refractivity contribution in [3.8, 4) is 0 Å². The molecule has 4 rings (SSSR count). The summed E-state index contributed by atoms with van der Waals surface area (Å²) in [6.45, 7) is 1.99. The SMILES string of the molecule is CC[C@@H]1C=C[C@H]2[C@H](C(=O)N([C@H](CO)c3ccccc3)[C@@H]2C(=O)NCc2ccccc2)[C@@H]1C(=O)NC. The van der Waals surface area contributed by atoms with Crippen molar-refractivity contribution in [1.29, 1.82) is 0 Å². The van der Waals surface area contributed by atoms with E-state index in [1.807, 2.05) is 79.7 Å². The molecule has 2 aliphatic rings. The summed E-state index contributed by atoms with van der Waals surface area (Å²) in [5.41, 5.74) is 1.69. The van der Waals surface area contributed by atoms with Crippen molar-refractivity contribution < 1.29 is 19.5 Å². The molecule has 1 aliphatic carbocycles. The number of likely N-dealkylation sites (tertiary alicyclic amines) is 1. The van der Waals surface area contributed by atoms with Gasteiger partial charge in [-0.3, -0.25) is 14.4 Å². The lowest BCUT2D eigenvalue weighted by atomic mass is 9.69. The lowest BCUT2D eigenvalue weighted by molar-refractivity contribution is -0.143. The van der Waals surface area contributed by atoms with E-state index in [9.17, 15) is 19.5 Å². The summed E-state index contributed by atoms with van der Waals surface area (Å²) in [5, 5.41) is 16.1. The Balaban J connectivity index is 1.74. The predicted molar refractivity (Wildman–Crippen MR) is 133 cm³/mol. The number of carbonyl (C=O) groups is 3. The van der Waals surface area contributed by atoms with Gasteiger partial charge in [-0.05, 0) is 23.5 Å². The molecule has 2 aromatic carbocycles. The zero-order chi connectivity index (χ0) is 24.9. The number of nitrogens with one attached hydrogen (secondary N) is 2. The van der Waals surface area contributed by atoms with E-state index in [-0.39, 0.29) is 30.2 Å². The lowest BCUT2D eigenvalue weighted by Crippen LogP contribution is -2.49. The molecule has 7 nitrogen and oxygen atoms in total. The molecule has 1 aliphatic heterocycles. The average molecular weight is 476 g/mol. The van der Waals surface area contributed by atoms with Crippen LogP contribution in [0.25, 0.3) is 0 Å². The van der Waals surface area contributed by atoms with Gasteiger partial charge in [-0.25, -0.2) is 0 Å². The maximum Gasteiger partial charge on any atom is 0.243 e. The summed E-state index contributed by atoms with van der Waals surface area (Å²) >= 11 is 0. The van der Waals surface area contributed by atoms with Crippen LogP contribution in [-0.4, -0.2) is 47.4 Å². The monoisotopic (exact) mass is 475 g/mol. The number of benzene rings is 2. The Bertz CT molecular complexity index is 1070. The average Bonchev–Trinajstić information content (AvgIpc) is 3.20. The fourth-order valence-electron chi connectivity index (χ4n) is 5.61. The topological polar surface area (TPSA) is 98.7 Å². The maximum atomic E-state index is 14.0. The Morgan fingerprint density at radius 3 is 2.26 bits per heavy atom. The van der Waals surface area contributed by atoms with E-state index in [1.54, 1.807) is 7.05 Å². The summed E-state index contributed by atoms with van der Waals surface area (Å²) < 4.78 is 0. The molecule has 0 aromatic heterocycles. The Hall–Kier alpha value is -3.45. The fraction of sp³-hybridized carbons (Fsp3) is 0.393. The molecule has 35 heavy (non-hydrogen) atoms. The van der Waals surface area contributed by atoms with Crippen molar-refractivity contribution in [2.75, 3.05) is 13.7 Å². The standard InChI is InChI=1S/C28H33N3O4/c1-3-19-14-15-21-24(23(19)26(33)29-2)28(35)31(22(17-32)20-12-8-5-9-13-20)25(21)27(34)30-16-18-10-6-4-7-11-18/h4-15,19,21-25,32H,3,16-17H2,1-2H3,(H,29,33)(H,30,34)/t19-,21+,22-,23-,24+,25+/m1/s1. The van der Waals surface area contributed by atoms with Crippen LogP contribution in [0.5, 0.6) is 0 Å². The Morgan fingerprint density at radius 1 is 1.00 bits per heavy atom. The third-order valence-corrected chi connectivity index (χ3v) is 7.34. The number of nitrogens with zero attached hydrogens (tertiary/aromatic N) is 1. The van der Waals surface area contributed by atoms with Gasteiger partial charge in [-0.15, -0.1) is 0 Å². The number of rotatable bonds is 8. The summed E-state index contributed by atoms with van der Waals surface area (Å²) in [5.74, 6) is -2.57. The molecule has 3 N–H and O–H groups in total. The molecule has 0 bridgehead atoms. The number of hydrogen-bond acceptors (Lipinski definition) is 4. The molecule has 3 amide bonds. The number of fused-ring (bicyclic) bond motifs is 1. The molecule has 0 saturated carbocycles. The van der Waals surface area contributed by atoms with Crippen LogP contribution in [0, 0.1) is 23.7 Å². The van der Waals surface area contributed by atoms with Crippen LogP contribution in [0.2, 0.25) is 0 Å². The second-order valence-corrected chi connectivity index (χ2v) is 9.20. The van der Waals surface area contributed by atoms with E-state index < -0.39 is 29.8 Å². The van der Waals surface area contributed by atoms with Gasteiger partial charge in [0.25, 0.3) is 0 Å². The van der Waals surface area contributed by atoms with Gasteiger partial charge in [0.1, 0.15) is 6.04 Å². The normalized spacial score (nSPS) is 26.2. The number of carbonyl (C=O) groups excluding carboxylic acids is 3. The molecule has 0 radical (unpaired) electrons. The molecule has 2 aromatic rings. The van der Waals surface area contributed by atoms with Gasteiger partial charge in [-0.2, -0.15) is 0 Å². The highest BCUT2D eigenvalue weighted by atomic mass is 16.3. The zero-order valence-corrected chi connectivity index (χ0v) is 20.1. The van der Waals surface area contributed by atoms with Crippen molar-refractivity contribution in [2.24, 2.45) is 23.7 Å². The number of aliphatic hydroxyl groups excluding tert-OH is 1. The largest absolute Gasteiger partial charge is 0.394 e. The van der Waals surface area contributed by atoms with E-state index in [0.29, 0.717) is 13.0 Å². The van der Waals surface area contributed by atoms with Crippen LogP contribution in [0.15, 0.2) is 72.8 Å².